The number of amides is 1. The number of aromatic nitrogens is 2. The first kappa shape index (κ1) is 23.6. The summed E-state index contributed by atoms with van der Waals surface area (Å²) in [6, 6.07) is 0. The Hall–Kier alpha value is -1.60. The molecule has 3 fully saturated rings. The summed E-state index contributed by atoms with van der Waals surface area (Å²) in [5.41, 5.74) is -0.432. The van der Waals surface area contributed by atoms with E-state index in [0.717, 1.165) is 75.9 Å². The number of likely N-dealkylation sites (tertiary alicyclic amines) is 1. The van der Waals surface area contributed by atoms with Crippen LogP contribution in [0.3, 0.4) is 0 Å². The molecule has 2 atom stereocenters. The molecule has 1 aliphatic carbocycles. The van der Waals surface area contributed by atoms with Crippen LogP contribution in [0.1, 0.15) is 52.9 Å². The molecule has 0 unspecified atom stereocenters. The van der Waals surface area contributed by atoms with Crippen LogP contribution in [0.4, 0.5) is 10.7 Å². The van der Waals surface area contributed by atoms with E-state index in [4.69, 9.17) is 21.1 Å². The van der Waals surface area contributed by atoms with Crippen LogP contribution in [-0.4, -0.2) is 66.0 Å². The van der Waals surface area contributed by atoms with Crippen molar-refractivity contribution in [1.82, 2.24) is 14.9 Å². The molecule has 3 heterocycles. The van der Waals surface area contributed by atoms with E-state index in [-0.39, 0.29) is 6.09 Å². The number of anilines is 1. The van der Waals surface area contributed by atoms with E-state index in [2.05, 4.69) is 14.9 Å². The van der Waals surface area contributed by atoms with Crippen LogP contribution in [0.15, 0.2) is 12.4 Å². The molecular formula is C24H37ClN4O3. The molecule has 2 aliphatic heterocycles. The molecule has 4 rings (SSSR count). The normalized spacial score (nSPS) is 25.1. The summed E-state index contributed by atoms with van der Waals surface area (Å²) in [6.45, 7) is 11.0. The molecule has 3 aliphatic rings. The second kappa shape index (κ2) is 10.1. The van der Waals surface area contributed by atoms with Crippen molar-refractivity contribution in [2.75, 3.05) is 44.3 Å². The summed E-state index contributed by atoms with van der Waals surface area (Å²) in [5, 5.41) is 0.582. The second-order valence-electron chi connectivity index (χ2n) is 10.6. The van der Waals surface area contributed by atoms with Crippen molar-refractivity contribution >= 4 is 23.6 Å². The zero-order valence-corrected chi connectivity index (χ0v) is 20.4. The van der Waals surface area contributed by atoms with Gasteiger partial charge in [-0.25, -0.2) is 14.8 Å². The first-order chi connectivity index (χ1) is 15.3. The van der Waals surface area contributed by atoms with E-state index in [0.29, 0.717) is 10.9 Å². The summed E-state index contributed by atoms with van der Waals surface area (Å²) < 4.78 is 11.6. The van der Waals surface area contributed by atoms with Gasteiger partial charge in [-0.15, -0.1) is 0 Å². The molecule has 178 valence electrons. The van der Waals surface area contributed by atoms with Gasteiger partial charge in [0.15, 0.2) is 0 Å². The average Bonchev–Trinajstić information content (AvgIpc) is 3.53. The summed E-state index contributed by atoms with van der Waals surface area (Å²) >= 11 is 5.89. The molecule has 32 heavy (non-hydrogen) atoms. The molecule has 1 saturated carbocycles. The number of hydrogen-bond acceptors (Lipinski definition) is 6. The van der Waals surface area contributed by atoms with Gasteiger partial charge >= 0.3 is 6.09 Å². The lowest BCUT2D eigenvalue weighted by molar-refractivity contribution is 0.0107. The Morgan fingerprint density at radius 2 is 1.72 bits per heavy atom. The fraction of sp³-hybridized carbons (Fsp3) is 0.792. The zero-order valence-electron chi connectivity index (χ0n) is 19.6. The van der Waals surface area contributed by atoms with Crippen molar-refractivity contribution < 1.29 is 14.3 Å². The second-order valence-corrected chi connectivity index (χ2v) is 11.1. The van der Waals surface area contributed by atoms with Gasteiger partial charge in [-0.2, -0.15) is 0 Å². The highest BCUT2D eigenvalue weighted by atomic mass is 35.5. The van der Waals surface area contributed by atoms with E-state index >= 15 is 0 Å². The molecule has 0 N–H and O–H groups in total. The highest BCUT2D eigenvalue weighted by Crippen LogP contribution is 2.48. The number of rotatable bonds is 6. The minimum absolute atomic E-state index is 0.189. The Kier molecular flexibility index (Phi) is 7.45. The van der Waals surface area contributed by atoms with Crippen molar-refractivity contribution in [3.05, 3.63) is 17.4 Å². The van der Waals surface area contributed by atoms with Gasteiger partial charge in [-0.1, -0.05) is 11.6 Å². The van der Waals surface area contributed by atoms with Gasteiger partial charge in [0.2, 0.25) is 5.95 Å². The summed E-state index contributed by atoms with van der Waals surface area (Å²) in [6.07, 6.45) is 8.87. The first-order valence-electron chi connectivity index (χ1n) is 12.1. The Balaban J connectivity index is 1.09. The van der Waals surface area contributed by atoms with Crippen molar-refractivity contribution in [3.8, 4) is 0 Å². The lowest BCUT2D eigenvalue weighted by Crippen LogP contribution is -2.42. The Labute approximate surface area is 196 Å². The average molecular weight is 465 g/mol. The largest absolute Gasteiger partial charge is 0.444 e. The van der Waals surface area contributed by atoms with Crippen LogP contribution in [0.2, 0.25) is 5.02 Å². The van der Waals surface area contributed by atoms with Gasteiger partial charge in [0.25, 0.3) is 0 Å². The third kappa shape index (κ3) is 6.47. The molecule has 0 aromatic carbocycles. The highest BCUT2D eigenvalue weighted by Gasteiger charge is 2.43. The predicted molar refractivity (Wildman–Crippen MR) is 125 cm³/mol. The van der Waals surface area contributed by atoms with Gasteiger partial charge in [0.05, 0.1) is 17.4 Å². The molecule has 8 heteroatoms. The maximum Gasteiger partial charge on any atom is 0.410 e. The number of piperidine rings is 2. The lowest BCUT2D eigenvalue weighted by Gasteiger charge is -2.33. The quantitative estimate of drug-likeness (QED) is 0.610. The molecule has 2 saturated heterocycles. The minimum Gasteiger partial charge on any atom is -0.444 e. The maximum absolute atomic E-state index is 12.2. The smallest absolute Gasteiger partial charge is 0.410 e. The van der Waals surface area contributed by atoms with Crippen molar-refractivity contribution in [2.24, 2.45) is 23.7 Å². The molecule has 1 aromatic rings. The van der Waals surface area contributed by atoms with Crippen molar-refractivity contribution in [3.63, 3.8) is 0 Å². The third-order valence-electron chi connectivity index (χ3n) is 6.96. The van der Waals surface area contributed by atoms with Gasteiger partial charge in [0.1, 0.15) is 5.60 Å². The number of halogens is 1. The SMILES string of the molecule is CC(C)(C)OC(=O)N1CCC(COC[C@@H]2C[C@@H]2C2CCN(c3ncc(Cl)cn3)CC2)CC1. The van der Waals surface area contributed by atoms with Crippen LogP contribution in [0.25, 0.3) is 0 Å². The van der Waals surface area contributed by atoms with Gasteiger partial charge in [0, 0.05) is 39.4 Å². The van der Waals surface area contributed by atoms with Gasteiger partial charge < -0.3 is 19.3 Å². The summed E-state index contributed by atoms with van der Waals surface area (Å²) in [5.74, 6) is 3.68. The van der Waals surface area contributed by atoms with Crippen molar-refractivity contribution in [1.29, 1.82) is 0 Å². The fourth-order valence-corrected chi connectivity index (χ4v) is 5.13. The summed E-state index contributed by atoms with van der Waals surface area (Å²) in [4.78, 5) is 25.0. The number of carbonyl (C=O) groups excluding carboxylic acids is 1. The lowest BCUT2D eigenvalue weighted by atomic mass is 9.91. The molecule has 0 bridgehead atoms. The van der Waals surface area contributed by atoms with E-state index in [1.165, 1.54) is 19.3 Å². The van der Waals surface area contributed by atoms with E-state index in [1.54, 1.807) is 12.4 Å². The Bertz CT molecular complexity index is 754. The number of ether oxygens (including phenoxy) is 2. The first-order valence-corrected chi connectivity index (χ1v) is 12.4. The topological polar surface area (TPSA) is 67.8 Å². The van der Waals surface area contributed by atoms with Crippen LogP contribution in [-0.2, 0) is 9.47 Å². The monoisotopic (exact) mass is 464 g/mol. The minimum atomic E-state index is -0.432. The summed E-state index contributed by atoms with van der Waals surface area (Å²) in [7, 11) is 0. The molecule has 7 nitrogen and oxygen atoms in total. The van der Waals surface area contributed by atoms with Gasteiger partial charge in [-0.05, 0) is 76.5 Å². The van der Waals surface area contributed by atoms with E-state index in [9.17, 15) is 4.79 Å². The molecule has 0 radical (unpaired) electrons. The third-order valence-corrected chi connectivity index (χ3v) is 7.16. The van der Waals surface area contributed by atoms with Crippen LogP contribution < -0.4 is 4.90 Å². The Morgan fingerprint density at radius 1 is 1.06 bits per heavy atom. The van der Waals surface area contributed by atoms with E-state index < -0.39 is 5.60 Å². The molecule has 0 spiro atoms. The highest BCUT2D eigenvalue weighted by molar-refractivity contribution is 6.30. The number of nitrogens with zero attached hydrogens (tertiary/aromatic N) is 4. The number of hydrogen-bond donors (Lipinski definition) is 0. The molecule has 1 aromatic heterocycles. The Morgan fingerprint density at radius 3 is 2.34 bits per heavy atom. The zero-order chi connectivity index (χ0) is 22.7. The van der Waals surface area contributed by atoms with E-state index in [1.807, 2.05) is 25.7 Å². The van der Waals surface area contributed by atoms with Crippen molar-refractivity contribution in [2.45, 2.75) is 58.5 Å². The number of carbonyl (C=O) groups is 1. The fourth-order valence-electron chi connectivity index (χ4n) is 5.03. The predicted octanol–water partition coefficient (Wildman–Crippen LogP) is 4.65. The standard InChI is InChI=1S/C24H37ClN4O3/c1-24(2,3)32-23(30)29-8-4-17(5-9-29)15-31-16-19-12-21(19)18-6-10-28(11-7-18)22-26-13-20(25)14-27-22/h13-14,17-19,21H,4-12,15-16H2,1-3H3/t19-,21+/m0/s1. The van der Waals surface area contributed by atoms with Crippen LogP contribution >= 0.6 is 11.6 Å². The maximum atomic E-state index is 12.2. The van der Waals surface area contributed by atoms with Crippen LogP contribution in [0.5, 0.6) is 0 Å². The molecular weight excluding hydrogens is 428 g/mol. The van der Waals surface area contributed by atoms with Crippen LogP contribution in [0, 0.1) is 23.7 Å². The van der Waals surface area contributed by atoms with Gasteiger partial charge in [-0.3, -0.25) is 0 Å². The molecule has 1 amide bonds.